The van der Waals surface area contributed by atoms with Crippen molar-refractivity contribution in [1.29, 1.82) is 0 Å². The van der Waals surface area contributed by atoms with Gasteiger partial charge in [0.25, 0.3) is 5.69 Å². The molecule has 1 N–H and O–H groups in total. The summed E-state index contributed by atoms with van der Waals surface area (Å²) in [6, 6.07) is 2.90. The number of benzene rings is 1. The maximum absolute atomic E-state index is 11.9. The number of nitrogens with one attached hydrogen (secondary N) is 1. The fourth-order valence-electron chi connectivity index (χ4n) is 1.88. The highest BCUT2D eigenvalue weighted by Crippen LogP contribution is 2.29. The van der Waals surface area contributed by atoms with Crippen LogP contribution in [0.4, 0.5) is 17.1 Å². The standard InChI is InChI=1S/C15H18N4O8/c1-3-26-14(20)8-7-12(15(21)27-4-2)17-16-11-6-5-10(18(22)23)9-13(11)19(24)25/h5-6,9,16H,3-4,7-8H2,1-2H3/b17-12-. The summed E-state index contributed by atoms with van der Waals surface area (Å²) in [6.07, 6.45) is -0.263. The molecule has 27 heavy (non-hydrogen) atoms. The fourth-order valence-corrected chi connectivity index (χ4v) is 1.88. The van der Waals surface area contributed by atoms with Crippen LogP contribution in [-0.4, -0.2) is 40.7 Å². The summed E-state index contributed by atoms with van der Waals surface area (Å²) in [7, 11) is 0. The Bertz CT molecular complexity index is 762. The quantitative estimate of drug-likeness (QED) is 0.276. The van der Waals surface area contributed by atoms with E-state index >= 15 is 0 Å². The number of nitro groups is 2. The third-order valence-corrected chi connectivity index (χ3v) is 3.08. The largest absolute Gasteiger partial charge is 0.466 e. The number of hydrazone groups is 1. The van der Waals surface area contributed by atoms with E-state index in [1.54, 1.807) is 13.8 Å². The molecule has 0 fully saturated rings. The van der Waals surface area contributed by atoms with Crippen LogP contribution >= 0.6 is 0 Å². The summed E-state index contributed by atoms with van der Waals surface area (Å²) < 4.78 is 9.59. The second kappa shape index (κ2) is 10.4. The number of carbonyl (C=O) groups is 2. The average Bonchev–Trinajstić information content (AvgIpc) is 2.61. The molecule has 0 saturated heterocycles. The number of nitro benzene ring substituents is 2. The van der Waals surface area contributed by atoms with Gasteiger partial charge in [-0.2, -0.15) is 5.10 Å². The van der Waals surface area contributed by atoms with Crippen LogP contribution in [0.2, 0.25) is 0 Å². The van der Waals surface area contributed by atoms with Crippen LogP contribution in [0.25, 0.3) is 0 Å². The zero-order chi connectivity index (χ0) is 20.4. The van der Waals surface area contributed by atoms with Crippen molar-refractivity contribution in [2.24, 2.45) is 5.10 Å². The predicted molar refractivity (Wildman–Crippen MR) is 93.3 cm³/mol. The molecule has 0 aliphatic carbocycles. The summed E-state index contributed by atoms with van der Waals surface area (Å²) in [5.41, 5.74) is 0.916. The molecule has 0 aliphatic rings. The summed E-state index contributed by atoms with van der Waals surface area (Å²) in [6.45, 7) is 3.45. The number of anilines is 1. The van der Waals surface area contributed by atoms with Gasteiger partial charge in [-0.25, -0.2) is 4.79 Å². The molecule has 0 aromatic heterocycles. The lowest BCUT2D eigenvalue weighted by Crippen LogP contribution is -2.20. The molecule has 0 heterocycles. The van der Waals surface area contributed by atoms with Crippen molar-refractivity contribution < 1.29 is 28.9 Å². The van der Waals surface area contributed by atoms with Crippen LogP contribution in [0, 0.1) is 20.2 Å². The highest BCUT2D eigenvalue weighted by atomic mass is 16.6. The topological polar surface area (TPSA) is 163 Å². The van der Waals surface area contributed by atoms with Crippen LogP contribution in [-0.2, 0) is 19.1 Å². The molecule has 1 aromatic rings. The van der Waals surface area contributed by atoms with Crippen LogP contribution < -0.4 is 5.43 Å². The Labute approximate surface area is 153 Å². The minimum Gasteiger partial charge on any atom is -0.466 e. The van der Waals surface area contributed by atoms with Gasteiger partial charge in [0.1, 0.15) is 11.4 Å². The van der Waals surface area contributed by atoms with Crippen molar-refractivity contribution in [1.82, 2.24) is 0 Å². The van der Waals surface area contributed by atoms with E-state index < -0.39 is 33.2 Å². The molecular weight excluding hydrogens is 364 g/mol. The lowest BCUT2D eigenvalue weighted by molar-refractivity contribution is -0.393. The van der Waals surface area contributed by atoms with Gasteiger partial charge in [-0.15, -0.1) is 0 Å². The zero-order valence-corrected chi connectivity index (χ0v) is 14.7. The van der Waals surface area contributed by atoms with Gasteiger partial charge in [0.15, 0.2) is 0 Å². The Morgan fingerprint density at radius 2 is 1.74 bits per heavy atom. The monoisotopic (exact) mass is 382 g/mol. The number of nitrogens with zero attached hydrogens (tertiary/aromatic N) is 3. The SMILES string of the molecule is CCOC(=O)CC/C(=N/Nc1ccc([N+](=O)[O-])cc1[N+](=O)[O-])C(=O)OCC. The van der Waals surface area contributed by atoms with Gasteiger partial charge >= 0.3 is 17.6 Å². The Hall–Kier alpha value is -3.57. The molecule has 1 aromatic carbocycles. The van der Waals surface area contributed by atoms with Gasteiger partial charge in [0, 0.05) is 12.5 Å². The number of ether oxygens (including phenoxy) is 2. The van der Waals surface area contributed by atoms with E-state index in [1.807, 2.05) is 0 Å². The summed E-state index contributed by atoms with van der Waals surface area (Å²) >= 11 is 0. The number of hydrogen-bond donors (Lipinski definition) is 1. The average molecular weight is 382 g/mol. The van der Waals surface area contributed by atoms with Crippen LogP contribution in [0.3, 0.4) is 0 Å². The minimum absolute atomic E-state index is 0.0644. The molecule has 0 spiro atoms. The number of carbonyl (C=O) groups excluding carboxylic acids is 2. The summed E-state index contributed by atoms with van der Waals surface area (Å²) in [5.74, 6) is -1.35. The molecular formula is C15H18N4O8. The van der Waals surface area contributed by atoms with Gasteiger partial charge < -0.3 is 9.47 Å². The summed E-state index contributed by atoms with van der Waals surface area (Å²) in [4.78, 5) is 43.6. The molecule has 1 rings (SSSR count). The van der Waals surface area contributed by atoms with Crippen LogP contribution in [0.15, 0.2) is 23.3 Å². The van der Waals surface area contributed by atoms with Crippen molar-refractivity contribution in [3.05, 3.63) is 38.4 Å². The third-order valence-electron chi connectivity index (χ3n) is 3.08. The van der Waals surface area contributed by atoms with Crippen LogP contribution in [0.1, 0.15) is 26.7 Å². The Morgan fingerprint density at radius 3 is 2.30 bits per heavy atom. The lowest BCUT2D eigenvalue weighted by atomic mass is 10.2. The van der Waals surface area contributed by atoms with E-state index in [9.17, 15) is 29.8 Å². The normalized spacial score (nSPS) is 10.8. The van der Waals surface area contributed by atoms with Crippen molar-refractivity contribution in [2.45, 2.75) is 26.7 Å². The van der Waals surface area contributed by atoms with E-state index in [4.69, 9.17) is 9.47 Å². The number of esters is 2. The second-order valence-electron chi connectivity index (χ2n) is 4.91. The van der Waals surface area contributed by atoms with Crippen molar-refractivity contribution in [3.8, 4) is 0 Å². The fraction of sp³-hybridized carbons (Fsp3) is 0.400. The van der Waals surface area contributed by atoms with E-state index in [0.717, 1.165) is 18.2 Å². The molecule has 12 heteroatoms. The van der Waals surface area contributed by atoms with Crippen molar-refractivity contribution >= 4 is 34.7 Å². The number of rotatable bonds is 10. The maximum Gasteiger partial charge on any atom is 0.354 e. The highest BCUT2D eigenvalue weighted by molar-refractivity contribution is 6.36. The molecule has 0 radical (unpaired) electrons. The van der Waals surface area contributed by atoms with Gasteiger partial charge in [-0.05, 0) is 19.9 Å². The maximum atomic E-state index is 11.9. The molecule has 146 valence electrons. The second-order valence-corrected chi connectivity index (χ2v) is 4.91. The van der Waals surface area contributed by atoms with Gasteiger partial charge in [-0.3, -0.25) is 30.4 Å². The molecule has 0 saturated carbocycles. The highest BCUT2D eigenvalue weighted by Gasteiger charge is 2.21. The zero-order valence-electron chi connectivity index (χ0n) is 14.7. The number of non-ortho nitro benzene ring substituents is 1. The lowest BCUT2D eigenvalue weighted by Gasteiger charge is -2.07. The molecule has 12 nitrogen and oxygen atoms in total. The Morgan fingerprint density at radius 1 is 1.07 bits per heavy atom. The number of hydrogen-bond acceptors (Lipinski definition) is 10. The first-order chi connectivity index (χ1) is 12.8. The molecule has 0 amide bonds. The van der Waals surface area contributed by atoms with Gasteiger partial charge in [0.05, 0.1) is 35.5 Å². The van der Waals surface area contributed by atoms with E-state index in [-0.39, 0.29) is 37.5 Å². The smallest absolute Gasteiger partial charge is 0.354 e. The van der Waals surface area contributed by atoms with Crippen molar-refractivity contribution in [3.63, 3.8) is 0 Å². The Kier molecular flexibility index (Phi) is 8.29. The first-order valence-electron chi connectivity index (χ1n) is 7.88. The van der Waals surface area contributed by atoms with E-state index in [1.165, 1.54) is 0 Å². The Balaban J connectivity index is 3.06. The van der Waals surface area contributed by atoms with Crippen molar-refractivity contribution in [2.75, 3.05) is 18.6 Å². The van der Waals surface area contributed by atoms with Gasteiger partial charge in [-0.1, -0.05) is 0 Å². The van der Waals surface area contributed by atoms with E-state index in [0.29, 0.717) is 0 Å². The molecule has 0 bridgehead atoms. The van der Waals surface area contributed by atoms with Crippen LogP contribution in [0.5, 0.6) is 0 Å². The summed E-state index contributed by atoms with van der Waals surface area (Å²) in [5, 5.41) is 25.6. The van der Waals surface area contributed by atoms with E-state index in [2.05, 4.69) is 10.5 Å². The molecule has 0 atom stereocenters. The third kappa shape index (κ3) is 6.68. The molecule has 0 unspecified atom stereocenters. The first kappa shape index (κ1) is 21.5. The molecule has 0 aliphatic heterocycles. The predicted octanol–water partition coefficient (Wildman–Crippen LogP) is 2.18. The minimum atomic E-state index is -0.826. The van der Waals surface area contributed by atoms with Gasteiger partial charge in [0.2, 0.25) is 0 Å². The first-order valence-corrected chi connectivity index (χ1v) is 7.88.